The topological polar surface area (TPSA) is 46.9 Å². The van der Waals surface area contributed by atoms with Crippen LogP contribution in [0.5, 0.6) is 0 Å². The minimum absolute atomic E-state index is 0.138. The lowest BCUT2D eigenvalue weighted by Gasteiger charge is -2.21. The van der Waals surface area contributed by atoms with Crippen molar-refractivity contribution < 1.29 is 4.39 Å². The van der Waals surface area contributed by atoms with Gasteiger partial charge in [-0.25, -0.2) is 4.39 Å². The Hall–Kier alpha value is -3.80. The number of hydrogen-bond donors (Lipinski definition) is 1. The van der Waals surface area contributed by atoms with E-state index in [1.54, 1.807) is 16.8 Å². The molecule has 3 aromatic carbocycles. The van der Waals surface area contributed by atoms with E-state index >= 15 is 0 Å². The summed E-state index contributed by atoms with van der Waals surface area (Å²) in [4.78, 5) is 17.9. The van der Waals surface area contributed by atoms with Crippen molar-refractivity contribution in [3.63, 3.8) is 0 Å². The van der Waals surface area contributed by atoms with Crippen molar-refractivity contribution in [2.75, 3.05) is 0 Å². The molecule has 5 rings (SSSR count). The van der Waals surface area contributed by atoms with Crippen molar-refractivity contribution in [2.24, 2.45) is 0 Å². The fraction of sp³-hybridized carbons (Fsp3) is 0.103. The maximum absolute atomic E-state index is 14.1. The number of pyridine rings is 2. The standard InChI is InChI=1S/C29H23ClFN3O/c30-24-12-9-21(10-13-24)28(20-6-2-1-3-7-20)33-18-23-16-22-11-14-25(31)17-27(22)34(29(23)35)19-26-8-4-5-15-32-26/h1-17,28,33H,18-19H2/t28-/m1/s1. The highest BCUT2D eigenvalue weighted by atomic mass is 35.5. The van der Waals surface area contributed by atoms with Gasteiger partial charge in [-0.15, -0.1) is 0 Å². The molecule has 35 heavy (non-hydrogen) atoms. The van der Waals surface area contributed by atoms with Gasteiger partial charge in [0.15, 0.2) is 0 Å². The third-order valence-electron chi connectivity index (χ3n) is 6.01. The first-order chi connectivity index (χ1) is 17.1. The van der Waals surface area contributed by atoms with Crippen LogP contribution in [0.2, 0.25) is 5.02 Å². The quantitative estimate of drug-likeness (QED) is 0.303. The van der Waals surface area contributed by atoms with Gasteiger partial charge >= 0.3 is 0 Å². The number of halogens is 2. The number of fused-ring (bicyclic) bond motifs is 1. The van der Waals surface area contributed by atoms with Crippen molar-refractivity contribution in [3.05, 3.63) is 147 Å². The van der Waals surface area contributed by atoms with E-state index in [1.165, 1.54) is 12.1 Å². The van der Waals surface area contributed by atoms with Crippen LogP contribution in [0.15, 0.2) is 108 Å². The van der Waals surface area contributed by atoms with Crippen molar-refractivity contribution in [2.45, 2.75) is 19.1 Å². The maximum atomic E-state index is 14.1. The minimum Gasteiger partial charge on any atom is -0.302 e. The van der Waals surface area contributed by atoms with Crippen molar-refractivity contribution in [1.82, 2.24) is 14.9 Å². The molecule has 174 valence electrons. The molecule has 0 spiro atoms. The van der Waals surface area contributed by atoms with Crippen LogP contribution in [0.1, 0.15) is 28.4 Å². The van der Waals surface area contributed by atoms with Crippen molar-refractivity contribution >= 4 is 22.5 Å². The fourth-order valence-corrected chi connectivity index (χ4v) is 4.41. The van der Waals surface area contributed by atoms with Crippen molar-refractivity contribution in [1.29, 1.82) is 0 Å². The van der Waals surface area contributed by atoms with Gasteiger partial charge in [0.05, 0.1) is 23.8 Å². The molecule has 0 radical (unpaired) electrons. The van der Waals surface area contributed by atoms with E-state index in [-0.39, 0.29) is 24.0 Å². The summed E-state index contributed by atoms with van der Waals surface area (Å²) in [6.45, 7) is 0.587. The van der Waals surface area contributed by atoms with Gasteiger partial charge in [-0.1, -0.05) is 60.1 Å². The summed E-state index contributed by atoms with van der Waals surface area (Å²) in [6, 6.07) is 29.5. The van der Waals surface area contributed by atoms with E-state index in [0.717, 1.165) is 22.2 Å². The van der Waals surface area contributed by atoms with Gasteiger partial charge in [0.2, 0.25) is 0 Å². The molecule has 1 atom stereocenters. The van der Waals surface area contributed by atoms with E-state index in [1.807, 2.05) is 66.7 Å². The monoisotopic (exact) mass is 483 g/mol. The Morgan fingerprint density at radius 2 is 1.63 bits per heavy atom. The first kappa shape index (κ1) is 23.0. The first-order valence-corrected chi connectivity index (χ1v) is 11.7. The Balaban J connectivity index is 1.53. The number of nitrogens with one attached hydrogen (secondary N) is 1. The zero-order valence-electron chi connectivity index (χ0n) is 18.9. The van der Waals surface area contributed by atoms with Crippen LogP contribution < -0.4 is 10.9 Å². The van der Waals surface area contributed by atoms with Crippen molar-refractivity contribution in [3.8, 4) is 0 Å². The largest absolute Gasteiger partial charge is 0.302 e. The predicted molar refractivity (Wildman–Crippen MR) is 138 cm³/mol. The highest BCUT2D eigenvalue weighted by Crippen LogP contribution is 2.24. The second-order valence-corrected chi connectivity index (χ2v) is 8.80. The van der Waals surface area contributed by atoms with Gasteiger partial charge < -0.3 is 9.88 Å². The maximum Gasteiger partial charge on any atom is 0.255 e. The first-order valence-electron chi connectivity index (χ1n) is 11.3. The molecule has 0 aliphatic heterocycles. The molecule has 0 bridgehead atoms. The van der Waals surface area contributed by atoms with Crippen LogP contribution >= 0.6 is 11.6 Å². The van der Waals surface area contributed by atoms with Crippen LogP contribution in [0.3, 0.4) is 0 Å². The molecule has 4 nitrogen and oxygen atoms in total. The Kier molecular flexibility index (Phi) is 6.70. The SMILES string of the molecule is O=c1c(CN[C@H](c2ccccc2)c2ccc(Cl)cc2)cc2ccc(F)cc2n1Cc1ccccn1. The molecule has 0 aliphatic carbocycles. The van der Waals surface area contributed by atoms with Gasteiger partial charge in [0, 0.05) is 23.3 Å². The number of hydrogen-bond acceptors (Lipinski definition) is 3. The van der Waals surface area contributed by atoms with Gasteiger partial charge in [-0.2, -0.15) is 0 Å². The van der Waals surface area contributed by atoms with Crippen LogP contribution in [-0.2, 0) is 13.1 Å². The molecule has 0 aliphatic rings. The van der Waals surface area contributed by atoms with Gasteiger partial charge in [0.25, 0.3) is 5.56 Å². The zero-order chi connectivity index (χ0) is 24.2. The molecule has 0 saturated heterocycles. The van der Waals surface area contributed by atoms with Gasteiger partial charge in [0.1, 0.15) is 5.82 Å². The number of nitrogens with zero attached hydrogens (tertiary/aromatic N) is 2. The van der Waals surface area contributed by atoms with E-state index in [2.05, 4.69) is 22.4 Å². The normalized spacial score (nSPS) is 12.1. The van der Waals surface area contributed by atoms with Gasteiger partial charge in [-0.05, 0) is 65.0 Å². The molecule has 1 N–H and O–H groups in total. The average molecular weight is 484 g/mol. The lowest BCUT2D eigenvalue weighted by Crippen LogP contribution is -2.30. The molecular weight excluding hydrogens is 461 g/mol. The lowest BCUT2D eigenvalue weighted by molar-refractivity contribution is 0.597. The third-order valence-corrected chi connectivity index (χ3v) is 6.26. The Bertz CT molecular complexity index is 1500. The second-order valence-electron chi connectivity index (χ2n) is 8.36. The summed E-state index contributed by atoms with van der Waals surface area (Å²) >= 11 is 6.11. The Morgan fingerprint density at radius 3 is 2.37 bits per heavy atom. The van der Waals surface area contributed by atoms with E-state index in [0.29, 0.717) is 22.6 Å². The lowest BCUT2D eigenvalue weighted by atomic mass is 9.98. The fourth-order valence-electron chi connectivity index (χ4n) is 4.28. The molecule has 2 heterocycles. The molecule has 2 aromatic heterocycles. The second kappa shape index (κ2) is 10.2. The number of benzene rings is 3. The van der Waals surface area contributed by atoms with E-state index in [9.17, 15) is 9.18 Å². The third kappa shape index (κ3) is 5.16. The van der Waals surface area contributed by atoms with E-state index in [4.69, 9.17) is 11.6 Å². The summed E-state index contributed by atoms with van der Waals surface area (Å²) in [7, 11) is 0. The summed E-state index contributed by atoms with van der Waals surface area (Å²) in [6.07, 6.45) is 1.69. The molecular formula is C29H23ClFN3O. The Morgan fingerprint density at radius 1 is 0.886 bits per heavy atom. The Labute approximate surface area is 207 Å². The van der Waals surface area contributed by atoms with Crippen LogP contribution in [0.25, 0.3) is 10.9 Å². The molecule has 5 aromatic rings. The molecule has 0 unspecified atom stereocenters. The average Bonchev–Trinajstić information content (AvgIpc) is 2.89. The summed E-state index contributed by atoms with van der Waals surface area (Å²) in [5.74, 6) is -0.385. The van der Waals surface area contributed by atoms with Crippen LogP contribution in [-0.4, -0.2) is 9.55 Å². The summed E-state index contributed by atoms with van der Waals surface area (Å²) in [5.41, 5.74) is 3.80. The van der Waals surface area contributed by atoms with E-state index < -0.39 is 0 Å². The predicted octanol–water partition coefficient (Wildman–Crippen LogP) is 6.12. The smallest absolute Gasteiger partial charge is 0.255 e. The highest BCUT2D eigenvalue weighted by molar-refractivity contribution is 6.30. The minimum atomic E-state index is -0.385. The number of rotatable bonds is 7. The van der Waals surface area contributed by atoms with Crippen LogP contribution in [0, 0.1) is 5.82 Å². The summed E-state index contributed by atoms with van der Waals surface area (Å²) in [5, 5.41) is 5.01. The zero-order valence-corrected chi connectivity index (χ0v) is 19.6. The van der Waals surface area contributed by atoms with Crippen LogP contribution in [0.4, 0.5) is 4.39 Å². The number of aromatic nitrogens is 2. The molecule has 6 heteroatoms. The molecule has 0 saturated carbocycles. The summed E-state index contributed by atoms with van der Waals surface area (Å²) < 4.78 is 15.7. The van der Waals surface area contributed by atoms with Gasteiger partial charge in [-0.3, -0.25) is 9.78 Å². The highest BCUT2D eigenvalue weighted by Gasteiger charge is 2.16. The molecule has 0 fully saturated rings. The molecule has 0 amide bonds.